The Morgan fingerprint density at radius 3 is 2.25 bits per heavy atom. The van der Waals surface area contributed by atoms with Crippen LogP contribution in [-0.2, 0) is 6.54 Å². The van der Waals surface area contributed by atoms with Crippen molar-refractivity contribution in [3.63, 3.8) is 0 Å². The van der Waals surface area contributed by atoms with Crippen molar-refractivity contribution in [2.75, 3.05) is 32.7 Å². The van der Waals surface area contributed by atoms with Crippen LogP contribution in [-0.4, -0.2) is 42.5 Å². The molecular formula is C14H20N2. The highest BCUT2D eigenvalue weighted by Crippen LogP contribution is 2.08. The Morgan fingerprint density at radius 1 is 1.00 bits per heavy atom. The van der Waals surface area contributed by atoms with Gasteiger partial charge in [0.15, 0.2) is 0 Å². The topological polar surface area (TPSA) is 6.48 Å². The first-order valence-corrected chi connectivity index (χ1v) is 5.98. The molecule has 0 N–H and O–H groups in total. The molecule has 0 aliphatic carbocycles. The molecule has 86 valence electrons. The molecule has 0 spiro atoms. The molecule has 0 saturated carbocycles. The van der Waals surface area contributed by atoms with Gasteiger partial charge in [0.05, 0.1) is 0 Å². The molecule has 2 heteroatoms. The smallest absolute Gasteiger partial charge is 0.110 e. The minimum atomic E-state index is 1.03. The van der Waals surface area contributed by atoms with E-state index in [0.29, 0.717) is 0 Å². The number of benzene rings is 1. The van der Waals surface area contributed by atoms with Gasteiger partial charge >= 0.3 is 0 Å². The van der Waals surface area contributed by atoms with Crippen LogP contribution < -0.4 is 0 Å². The van der Waals surface area contributed by atoms with Crippen molar-refractivity contribution in [2.24, 2.45) is 0 Å². The van der Waals surface area contributed by atoms with Gasteiger partial charge in [-0.2, -0.15) is 0 Å². The largest absolute Gasteiger partial charge is 0.297 e. The highest BCUT2D eigenvalue weighted by atomic mass is 15.3. The van der Waals surface area contributed by atoms with Crippen molar-refractivity contribution in [3.05, 3.63) is 49.2 Å². The summed E-state index contributed by atoms with van der Waals surface area (Å²) in [4.78, 5) is 4.98. The molecule has 0 bridgehead atoms. The predicted molar refractivity (Wildman–Crippen MR) is 67.8 cm³/mol. The molecule has 1 fully saturated rings. The summed E-state index contributed by atoms with van der Waals surface area (Å²) in [6.45, 7) is 10.6. The van der Waals surface area contributed by atoms with Crippen LogP contribution in [0.15, 0.2) is 30.3 Å². The fraction of sp³-hybridized carbons (Fsp3) is 0.429. The average Bonchev–Trinajstić information content (AvgIpc) is 2.33. The first-order chi connectivity index (χ1) is 7.88. The predicted octanol–water partition coefficient (Wildman–Crippen LogP) is 1.84. The SMILES string of the molecule is [CH2-][CH+]CN1CCN(Cc2ccccc2)CC1. The van der Waals surface area contributed by atoms with E-state index in [9.17, 15) is 0 Å². The van der Waals surface area contributed by atoms with E-state index in [2.05, 4.69) is 47.1 Å². The van der Waals surface area contributed by atoms with Crippen LogP contribution in [0.2, 0.25) is 0 Å². The van der Waals surface area contributed by atoms with Gasteiger partial charge in [0.25, 0.3) is 0 Å². The second-order valence-electron chi connectivity index (χ2n) is 4.35. The zero-order chi connectivity index (χ0) is 11.2. The third kappa shape index (κ3) is 3.26. The lowest BCUT2D eigenvalue weighted by Gasteiger charge is -2.33. The van der Waals surface area contributed by atoms with E-state index < -0.39 is 0 Å². The summed E-state index contributed by atoms with van der Waals surface area (Å²) in [5.74, 6) is 0. The van der Waals surface area contributed by atoms with Crippen LogP contribution in [0.1, 0.15) is 5.56 Å². The van der Waals surface area contributed by atoms with Crippen LogP contribution >= 0.6 is 0 Å². The number of hydrogen-bond donors (Lipinski definition) is 0. The monoisotopic (exact) mass is 216 g/mol. The molecule has 16 heavy (non-hydrogen) atoms. The highest BCUT2D eigenvalue weighted by molar-refractivity contribution is 5.14. The van der Waals surface area contributed by atoms with Crippen LogP contribution in [0.5, 0.6) is 0 Å². The van der Waals surface area contributed by atoms with Crippen LogP contribution in [0.25, 0.3) is 0 Å². The lowest BCUT2D eigenvalue weighted by atomic mass is 10.2. The Labute approximate surface area is 98.9 Å². The fourth-order valence-electron chi connectivity index (χ4n) is 2.15. The van der Waals surface area contributed by atoms with Gasteiger partial charge in [0, 0.05) is 32.7 Å². The van der Waals surface area contributed by atoms with E-state index in [4.69, 9.17) is 0 Å². The molecule has 2 nitrogen and oxygen atoms in total. The van der Waals surface area contributed by atoms with Crippen molar-refractivity contribution >= 4 is 0 Å². The van der Waals surface area contributed by atoms with E-state index >= 15 is 0 Å². The lowest BCUT2D eigenvalue weighted by molar-refractivity contribution is 0.135. The van der Waals surface area contributed by atoms with Gasteiger partial charge in [0.2, 0.25) is 0 Å². The maximum Gasteiger partial charge on any atom is 0.110 e. The van der Waals surface area contributed by atoms with E-state index in [1.54, 1.807) is 0 Å². The molecule has 0 aromatic heterocycles. The highest BCUT2D eigenvalue weighted by Gasteiger charge is 2.16. The van der Waals surface area contributed by atoms with Crippen molar-refractivity contribution in [3.8, 4) is 0 Å². The van der Waals surface area contributed by atoms with Crippen molar-refractivity contribution in [1.82, 2.24) is 9.80 Å². The number of piperazine rings is 1. The minimum Gasteiger partial charge on any atom is -0.297 e. The molecule has 0 atom stereocenters. The normalized spacial score (nSPS) is 18.6. The van der Waals surface area contributed by atoms with Crippen LogP contribution in [0.3, 0.4) is 0 Å². The Kier molecular flexibility index (Phi) is 4.25. The molecule has 1 aromatic rings. The molecule has 1 heterocycles. The Bertz CT molecular complexity index is 289. The molecule has 0 amide bonds. The molecule has 1 aliphatic rings. The van der Waals surface area contributed by atoms with Crippen molar-refractivity contribution < 1.29 is 0 Å². The second kappa shape index (κ2) is 5.92. The maximum atomic E-state index is 3.79. The van der Waals surface area contributed by atoms with Crippen molar-refractivity contribution in [1.29, 1.82) is 0 Å². The zero-order valence-electron chi connectivity index (χ0n) is 9.81. The molecule has 1 aromatic carbocycles. The summed E-state index contributed by atoms with van der Waals surface area (Å²) in [6.07, 6.45) is 1.99. The number of rotatable bonds is 4. The van der Waals surface area contributed by atoms with E-state index in [-0.39, 0.29) is 0 Å². The summed E-state index contributed by atoms with van der Waals surface area (Å²) in [6, 6.07) is 10.7. The molecule has 0 unspecified atom stereocenters. The van der Waals surface area contributed by atoms with Gasteiger partial charge in [-0.05, 0) is 5.56 Å². The van der Waals surface area contributed by atoms with E-state index in [0.717, 1.165) is 13.1 Å². The third-order valence-corrected chi connectivity index (χ3v) is 3.10. The van der Waals surface area contributed by atoms with Gasteiger partial charge in [-0.1, -0.05) is 36.8 Å². The quantitative estimate of drug-likeness (QED) is 0.709. The summed E-state index contributed by atoms with van der Waals surface area (Å²) >= 11 is 0. The van der Waals surface area contributed by atoms with E-state index in [1.165, 1.54) is 31.7 Å². The lowest BCUT2D eigenvalue weighted by Crippen LogP contribution is -2.46. The van der Waals surface area contributed by atoms with Crippen LogP contribution in [0.4, 0.5) is 0 Å². The Hall–Kier alpha value is -0.990. The summed E-state index contributed by atoms with van der Waals surface area (Å²) in [7, 11) is 0. The Balaban J connectivity index is 1.77. The van der Waals surface area contributed by atoms with Gasteiger partial charge in [-0.15, -0.1) is 6.92 Å². The fourth-order valence-corrected chi connectivity index (χ4v) is 2.15. The molecule has 1 saturated heterocycles. The standard InChI is InChI=1S/C14H20N2/c1-2-8-15-9-11-16(12-10-15)13-14-6-4-3-5-7-14/h2-7H,1,8-13H2. The summed E-state index contributed by atoms with van der Waals surface area (Å²) in [5.41, 5.74) is 1.42. The van der Waals surface area contributed by atoms with Gasteiger partial charge < -0.3 is 0 Å². The van der Waals surface area contributed by atoms with Gasteiger partial charge in [-0.3, -0.25) is 9.80 Å². The average molecular weight is 216 g/mol. The maximum absolute atomic E-state index is 3.79. The number of nitrogens with zero attached hydrogens (tertiary/aromatic N) is 2. The van der Waals surface area contributed by atoms with Gasteiger partial charge in [-0.25, -0.2) is 0 Å². The summed E-state index contributed by atoms with van der Waals surface area (Å²) in [5, 5.41) is 0. The summed E-state index contributed by atoms with van der Waals surface area (Å²) < 4.78 is 0. The minimum absolute atomic E-state index is 1.03. The zero-order valence-corrected chi connectivity index (χ0v) is 9.81. The first kappa shape index (κ1) is 11.5. The molecule has 1 aliphatic heterocycles. The first-order valence-electron chi connectivity index (χ1n) is 5.98. The van der Waals surface area contributed by atoms with E-state index in [1.807, 2.05) is 6.42 Å². The van der Waals surface area contributed by atoms with Crippen LogP contribution in [0, 0.1) is 13.3 Å². The third-order valence-electron chi connectivity index (χ3n) is 3.10. The second-order valence-corrected chi connectivity index (χ2v) is 4.35. The van der Waals surface area contributed by atoms with Crippen molar-refractivity contribution in [2.45, 2.75) is 6.54 Å². The molecule has 2 rings (SSSR count). The number of hydrogen-bond acceptors (Lipinski definition) is 2. The van der Waals surface area contributed by atoms with Gasteiger partial charge in [0.1, 0.15) is 6.54 Å². The molecular weight excluding hydrogens is 196 g/mol. The Morgan fingerprint density at radius 2 is 1.62 bits per heavy atom. The molecule has 0 radical (unpaired) electrons.